The van der Waals surface area contributed by atoms with Crippen LogP contribution >= 0.6 is 11.3 Å². The molecule has 3 nitrogen and oxygen atoms in total. The van der Waals surface area contributed by atoms with Crippen LogP contribution in [0.3, 0.4) is 0 Å². The Kier molecular flexibility index (Phi) is 4.36. The highest BCUT2D eigenvalue weighted by Gasteiger charge is 2.11. The molecule has 2 rings (SSSR count). The summed E-state index contributed by atoms with van der Waals surface area (Å²) in [4.78, 5) is 3.43. The zero-order valence-electron chi connectivity index (χ0n) is 10.8. The molecular weight excluding hydrogens is 242 g/mol. The van der Waals surface area contributed by atoms with E-state index in [4.69, 9.17) is 5.84 Å². The van der Waals surface area contributed by atoms with E-state index < -0.39 is 0 Å². The largest absolute Gasteiger partial charge is 0.378 e. The number of rotatable bonds is 5. The maximum Gasteiger partial charge on any atom is 0.0508 e. The Morgan fingerprint density at radius 1 is 1.22 bits per heavy atom. The van der Waals surface area contributed by atoms with Crippen molar-refractivity contribution in [3.8, 4) is 0 Å². The second kappa shape index (κ2) is 6.00. The smallest absolute Gasteiger partial charge is 0.0508 e. The van der Waals surface area contributed by atoms with E-state index in [1.165, 1.54) is 16.1 Å². The lowest BCUT2D eigenvalue weighted by Gasteiger charge is -2.18. The second-order valence-electron chi connectivity index (χ2n) is 4.49. The average Bonchev–Trinajstić information content (AvgIpc) is 2.89. The van der Waals surface area contributed by atoms with Gasteiger partial charge in [0.15, 0.2) is 0 Å². The maximum absolute atomic E-state index is 5.66. The van der Waals surface area contributed by atoms with Gasteiger partial charge >= 0.3 is 0 Å². The first-order valence-corrected chi connectivity index (χ1v) is 6.84. The van der Waals surface area contributed by atoms with Gasteiger partial charge in [-0.05, 0) is 29.1 Å². The number of nitrogens with zero attached hydrogens (tertiary/aromatic N) is 1. The van der Waals surface area contributed by atoms with Gasteiger partial charge in [-0.15, -0.1) is 11.3 Å². The molecule has 1 unspecified atom stereocenters. The molecule has 96 valence electrons. The average molecular weight is 261 g/mol. The summed E-state index contributed by atoms with van der Waals surface area (Å²) in [7, 11) is 4.08. The van der Waals surface area contributed by atoms with Crippen molar-refractivity contribution < 1.29 is 0 Å². The van der Waals surface area contributed by atoms with Gasteiger partial charge in [-0.3, -0.25) is 11.3 Å². The molecule has 0 bridgehead atoms. The Labute approximate surface area is 112 Å². The van der Waals surface area contributed by atoms with E-state index in [2.05, 4.69) is 52.1 Å². The minimum atomic E-state index is 0.167. The summed E-state index contributed by atoms with van der Waals surface area (Å²) in [6.45, 7) is 0. The third-order valence-corrected chi connectivity index (χ3v) is 3.90. The van der Waals surface area contributed by atoms with Gasteiger partial charge in [0.1, 0.15) is 0 Å². The van der Waals surface area contributed by atoms with Crippen molar-refractivity contribution in [3.63, 3.8) is 0 Å². The van der Waals surface area contributed by atoms with Gasteiger partial charge in [0, 0.05) is 31.1 Å². The summed E-state index contributed by atoms with van der Waals surface area (Å²) >= 11 is 1.77. The van der Waals surface area contributed by atoms with Gasteiger partial charge in [0.05, 0.1) is 6.04 Å². The summed E-state index contributed by atoms with van der Waals surface area (Å²) in [6.07, 6.45) is 0.926. The van der Waals surface area contributed by atoms with E-state index in [9.17, 15) is 0 Å². The Hall–Kier alpha value is -1.36. The third-order valence-electron chi connectivity index (χ3n) is 3.00. The highest BCUT2D eigenvalue weighted by Crippen LogP contribution is 2.22. The molecule has 3 N–H and O–H groups in total. The first kappa shape index (κ1) is 13.1. The zero-order chi connectivity index (χ0) is 13.0. The van der Waals surface area contributed by atoms with Crippen molar-refractivity contribution in [1.82, 2.24) is 5.43 Å². The normalized spacial score (nSPS) is 12.4. The minimum Gasteiger partial charge on any atom is -0.378 e. The van der Waals surface area contributed by atoms with E-state index >= 15 is 0 Å². The van der Waals surface area contributed by atoms with Crippen molar-refractivity contribution in [1.29, 1.82) is 0 Å². The molecule has 1 heterocycles. The SMILES string of the molecule is CN(C)c1ccc(C(Cc2cccs2)NN)cc1. The number of anilines is 1. The number of benzene rings is 1. The Balaban J connectivity index is 2.12. The standard InChI is InChI=1S/C14H19N3S/c1-17(2)12-7-5-11(6-8-12)14(16-15)10-13-4-3-9-18-13/h3-9,14,16H,10,15H2,1-2H3. The molecule has 4 heteroatoms. The Morgan fingerprint density at radius 2 is 1.94 bits per heavy atom. The van der Waals surface area contributed by atoms with E-state index in [-0.39, 0.29) is 6.04 Å². The summed E-state index contributed by atoms with van der Waals surface area (Å²) in [5.74, 6) is 5.66. The van der Waals surface area contributed by atoms with Gasteiger partial charge in [0.25, 0.3) is 0 Å². The number of thiophene rings is 1. The molecule has 1 atom stereocenters. The summed E-state index contributed by atoms with van der Waals surface area (Å²) in [5, 5.41) is 2.10. The lowest BCUT2D eigenvalue weighted by Crippen LogP contribution is -2.29. The number of hydrogen-bond donors (Lipinski definition) is 2. The zero-order valence-corrected chi connectivity index (χ0v) is 11.6. The van der Waals surface area contributed by atoms with Gasteiger partial charge < -0.3 is 4.90 Å². The summed E-state index contributed by atoms with van der Waals surface area (Å²) in [6, 6.07) is 12.9. The molecule has 0 aliphatic rings. The number of nitrogens with one attached hydrogen (secondary N) is 1. The molecule has 0 saturated carbocycles. The lowest BCUT2D eigenvalue weighted by molar-refractivity contribution is 0.555. The molecule has 0 amide bonds. The van der Waals surface area contributed by atoms with Crippen molar-refractivity contribution >= 4 is 17.0 Å². The van der Waals surface area contributed by atoms with Gasteiger partial charge in [0.2, 0.25) is 0 Å². The van der Waals surface area contributed by atoms with Crippen LogP contribution in [0.25, 0.3) is 0 Å². The van der Waals surface area contributed by atoms with Crippen LogP contribution < -0.4 is 16.2 Å². The van der Waals surface area contributed by atoms with E-state index in [1.807, 2.05) is 14.1 Å². The van der Waals surface area contributed by atoms with E-state index in [0.717, 1.165) is 6.42 Å². The second-order valence-corrected chi connectivity index (χ2v) is 5.52. The fraction of sp³-hybridized carbons (Fsp3) is 0.286. The Morgan fingerprint density at radius 3 is 2.44 bits per heavy atom. The van der Waals surface area contributed by atoms with Crippen molar-refractivity contribution in [2.24, 2.45) is 5.84 Å². The summed E-state index contributed by atoms with van der Waals surface area (Å²) < 4.78 is 0. The predicted molar refractivity (Wildman–Crippen MR) is 78.9 cm³/mol. The van der Waals surface area contributed by atoms with Crippen molar-refractivity contribution in [3.05, 3.63) is 52.2 Å². The van der Waals surface area contributed by atoms with Gasteiger partial charge in [-0.1, -0.05) is 18.2 Å². The molecule has 18 heavy (non-hydrogen) atoms. The Bertz CT molecular complexity index is 462. The van der Waals surface area contributed by atoms with Crippen molar-refractivity contribution in [2.75, 3.05) is 19.0 Å². The molecule has 1 aromatic carbocycles. The van der Waals surface area contributed by atoms with E-state index in [1.54, 1.807) is 11.3 Å². The van der Waals surface area contributed by atoms with Crippen LogP contribution in [0, 0.1) is 0 Å². The molecule has 0 saturated heterocycles. The number of nitrogens with two attached hydrogens (primary N) is 1. The van der Waals surface area contributed by atoms with Crippen molar-refractivity contribution in [2.45, 2.75) is 12.5 Å². The van der Waals surface area contributed by atoms with Crippen LogP contribution in [0.5, 0.6) is 0 Å². The molecule has 0 fully saturated rings. The lowest BCUT2D eigenvalue weighted by atomic mass is 10.0. The van der Waals surface area contributed by atoms with Crippen LogP contribution in [0.4, 0.5) is 5.69 Å². The highest BCUT2D eigenvalue weighted by atomic mass is 32.1. The van der Waals surface area contributed by atoms with Crippen LogP contribution in [-0.4, -0.2) is 14.1 Å². The van der Waals surface area contributed by atoms with Crippen LogP contribution in [0.2, 0.25) is 0 Å². The third kappa shape index (κ3) is 3.10. The van der Waals surface area contributed by atoms with Crippen LogP contribution in [0.15, 0.2) is 41.8 Å². The molecule has 2 aromatic rings. The molecule has 0 aliphatic carbocycles. The fourth-order valence-electron chi connectivity index (χ4n) is 1.91. The predicted octanol–water partition coefficient (Wildman–Crippen LogP) is 2.56. The maximum atomic E-state index is 5.66. The molecular formula is C14H19N3S. The monoisotopic (exact) mass is 261 g/mol. The quantitative estimate of drug-likeness (QED) is 0.642. The van der Waals surface area contributed by atoms with Crippen LogP contribution in [0.1, 0.15) is 16.5 Å². The van der Waals surface area contributed by atoms with Crippen LogP contribution in [-0.2, 0) is 6.42 Å². The summed E-state index contributed by atoms with van der Waals surface area (Å²) in [5.41, 5.74) is 5.32. The number of hydrogen-bond acceptors (Lipinski definition) is 4. The first-order valence-electron chi connectivity index (χ1n) is 5.96. The highest BCUT2D eigenvalue weighted by molar-refractivity contribution is 7.09. The van der Waals surface area contributed by atoms with Gasteiger partial charge in [-0.2, -0.15) is 0 Å². The number of hydrazine groups is 1. The van der Waals surface area contributed by atoms with Gasteiger partial charge in [-0.25, -0.2) is 0 Å². The molecule has 0 radical (unpaired) electrons. The topological polar surface area (TPSA) is 41.3 Å². The molecule has 0 aliphatic heterocycles. The van der Waals surface area contributed by atoms with E-state index in [0.29, 0.717) is 0 Å². The molecule has 1 aromatic heterocycles. The molecule has 0 spiro atoms. The fourth-order valence-corrected chi connectivity index (χ4v) is 2.66. The first-order chi connectivity index (χ1) is 8.70. The minimum absolute atomic E-state index is 0.167.